The van der Waals surface area contributed by atoms with E-state index in [2.05, 4.69) is 0 Å². The minimum atomic E-state index is -0.115. The zero-order valence-electron chi connectivity index (χ0n) is 11.3. The van der Waals surface area contributed by atoms with E-state index < -0.39 is 0 Å². The number of nitrogens with zero attached hydrogens (tertiary/aromatic N) is 1. The monoisotopic (exact) mass is 316 g/mol. The predicted octanol–water partition coefficient (Wildman–Crippen LogP) is 4.41. The van der Waals surface area contributed by atoms with Gasteiger partial charge in [0, 0.05) is 27.8 Å². The van der Waals surface area contributed by atoms with Crippen molar-refractivity contribution in [3.05, 3.63) is 58.4 Å². The number of nitrogens with two attached hydrogens (primary N) is 1. The highest BCUT2D eigenvalue weighted by molar-refractivity contribution is 7.21. The summed E-state index contributed by atoms with van der Waals surface area (Å²) in [6.07, 6.45) is 0. The first kappa shape index (κ1) is 13.9. The number of fused-ring (bicyclic) bond motifs is 1. The number of hydrogen-bond donors (Lipinski definition) is 1. The molecule has 1 aromatic heterocycles. The zero-order valence-corrected chi connectivity index (χ0v) is 12.9. The van der Waals surface area contributed by atoms with Crippen molar-refractivity contribution < 1.29 is 4.79 Å². The molecule has 0 saturated carbocycles. The van der Waals surface area contributed by atoms with Gasteiger partial charge in [-0.05, 0) is 30.3 Å². The molecule has 0 bridgehead atoms. The third-order valence-corrected chi connectivity index (χ3v) is 4.74. The van der Waals surface area contributed by atoms with E-state index in [1.165, 1.54) is 11.3 Å². The lowest BCUT2D eigenvalue weighted by Crippen LogP contribution is -2.25. The molecule has 21 heavy (non-hydrogen) atoms. The summed E-state index contributed by atoms with van der Waals surface area (Å²) >= 11 is 7.38. The molecule has 0 radical (unpaired) electrons. The van der Waals surface area contributed by atoms with E-state index in [0.29, 0.717) is 15.6 Å². The quantitative estimate of drug-likeness (QED) is 0.761. The van der Waals surface area contributed by atoms with Gasteiger partial charge in [0.05, 0.1) is 5.69 Å². The van der Waals surface area contributed by atoms with Crippen LogP contribution in [0.25, 0.3) is 10.1 Å². The molecule has 0 aliphatic heterocycles. The van der Waals surface area contributed by atoms with E-state index in [9.17, 15) is 4.79 Å². The zero-order chi connectivity index (χ0) is 15.0. The van der Waals surface area contributed by atoms with Crippen molar-refractivity contribution in [3.63, 3.8) is 0 Å². The van der Waals surface area contributed by atoms with Crippen LogP contribution in [0, 0.1) is 0 Å². The van der Waals surface area contributed by atoms with Crippen LogP contribution >= 0.6 is 22.9 Å². The number of para-hydroxylation sites is 1. The molecule has 2 aromatic carbocycles. The lowest BCUT2D eigenvalue weighted by Gasteiger charge is -2.16. The van der Waals surface area contributed by atoms with Crippen LogP contribution in [-0.4, -0.2) is 13.0 Å². The van der Waals surface area contributed by atoms with E-state index in [1.54, 1.807) is 24.1 Å². The number of thiophene rings is 1. The van der Waals surface area contributed by atoms with Crippen molar-refractivity contribution in [2.45, 2.75) is 0 Å². The van der Waals surface area contributed by atoms with Gasteiger partial charge >= 0.3 is 0 Å². The van der Waals surface area contributed by atoms with E-state index in [4.69, 9.17) is 17.3 Å². The van der Waals surface area contributed by atoms with Crippen LogP contribution in [0.2, 0.25) is 5.02 Å². The molecule has 0 saturated heterocycles. The lowest BCUT2D eigenvalue weighted by atomic mass is 10.2. The smallest absolute Gasteiger partial charge is 0.270 e. The second kappa shape index (κ2) is 5.39. The Kier molecular flexibility index (Phi) is 3.57. The Hall–Kier alpha value is -2.04. The van der Waals surface area contributed by atoms with Gasteiger partial charge in [-0.25, -0.2) is 0 Å². The summed E-state index contributed by atoms with van der Waals surface area (Å²) < 4.78 is 0.960. The van der Waals surface area contributed by atoms with Crippen molar-refractivity contribution in [3.8, 4) is 0 Å². The first-order valence-corrected chi connectivity index (χ1v) is 7.58. The molecule has 0 atom stereocenters. The molecule has 3 rings (SSSR count). The van der Waals surface area contributed by atoms with Crippen LogP contribution in [0.4, 0.5) is 11.4 Å². The summed E-state index contributed by atoms with van der Waals surface area (Å²) in [4.78, 5) is 14.8. The molecule has 106 valence electrons. The van der Waals surface area contributed by atoms with Crippen LogP contribution < -0.4 is 10.6 Å². The summed E-state index contributed by atoms with van der Waals surface area (Å²) in [6, 6.07) is 15.0. The number of nitrogen functional groups attached to an aromatic ring is 1. The minimum Gasteiger partial charge on any atom is -0.397 e. The van der Waals surface area contributed by atoms with Crippen LogP contribution in [0.5, 0.6) is 0 Å². The second-order valence-corrected chi connectivity index (χ2v) is 6.17. The summed E-state index contributed by atoms with van der Waals surface area (Å²) in [5.41, 5.74) is 7.45. The van der Waals surface area contributed by atoms with Gasteiger partial charge in [0.25, 0.3) is 5.91 Å². The van der Waals surface area contributed by atoms with Gasteiger partial charge in [0.1, 0.15) is 4.88 Å². The van der Waals surface area contributed by atoms with Gasteiger partial charge < -0.3 is 10.6 Å². The Bertz CT molecular complexity index is 814. The number of amides is 1. The fourth-order valence-electron chi connectivity index (χ4n) is 2.17. The number of halogens is 1. The van der Waals surface area contributed by atoms with E-state index in [1.807, 2.05) is 36.4 Å². The van der Waals surface area contributed by atoms with Crippen molar-refractivity contribution in [1.82, 2.24) is 0 Å². The average molecular weight is 317 g/mol. The van der Waals surface area contributed by atoms with E-state index >= 15 is 0 Å². The van der Waals surface area contributed by atoms with Gasteiger partial charge in [-0.15, -0.1) is 11.3 Å². The number of carbonyl (C=O) groups excluding carboxylic acids is 1. The Morgan fingerprint density at radius 3 is 2.62 bits per heavy atom. The Balaban J connectivity index is 2.04. The Morgan fingerprint density at radius 1 is 1.19 bits per heavy atom. The minimum absolute atomic E-state index is 0.115. The van der Waals surface area contributed by atoms with Crippen LogP contribution in [-0.2, 0) is 0 Å². The van der Waals surface area contributed by atoms with Gasteiger partial charge in [-0.1, -0.05) is 29.8 Å². The molecular formula is C16H13ClN2OS. The third kappa shape index (κ3) is 2.48. The molecule has 0 fully saturated rings. The average Bonchev–Trinajstić information content (AvgIpc) is 2.83. The number of carbonyl (C=O) groups is 1. The van der Waals surface area contributed by atoms with Crippen molar-refractivity contribution in [1.29, 1.82) is 0 Å². The van der Waals surface area contributed by atoms with Crippen molar-refractivity contribution >= 4 is 50.3 Å². The SMILES string of the molecule is CN(C(=O)c1sc2ccc(Cl)cc2c1N)c1ccccc1. The molecule has 0 aliphatic rings. The third-order valence-electron chi connectivity index (χ3n) is 3.33. The highest BCUT2D eigenvalue weighted by atomic mass is 35.5. The summed E-state index contributed by atoms with van der Waals surface area (Å²) in [6.45, 7) is 0. The number of anilines is 2. The van der Waals surface area contributed by atoms with Crippen molar-refractivity contribution in [2.24, 2.45) is 0 Å². The van der Waals surface area contributed by atoms with Crippen LogP contribution in [0.3, 0.4) is 0 Å². The highest BCUT2D eigenvalue weighted by Crippen LogP contribution is 2.36. The summed E-state index contributed by atoms with van der Waals surface area (Å²) in [5.74, 6) is -0.115. The summed E-state index contributed by atoms with van der Waals surface area (Å²) in [5, 5.41) is 1.44. The van der Waals surface area contributed by atoms with Gasteiger partial charge in [0.15, 0.2) is 0 Å². The normalized spacial score (nSPS) is 10.8. The predicted molar refractivity (Wildman–Crippen MR) is 90.4 cm³/mol. The van der Waals surface area contributed by atoms with Gasteiger partial charge in [-0.3, -0.25) is 4.79 Å². The Labute approximate surface area is 131 Å². The Morgan fingerprint density at radius 2 is 1.90 bits per heavy atom. The maximum absolute atomic E-state index is 12.6. The van der Waals surface area contributed by atoms with Gasteiger partial charge in [-0.2, -0.15) is 0 Å². The maximum atomic E-state index is 12.6. The number of hydrogen-bond acceptors (Lipinski definition) is 3. The fraction of sp³-hybridized carbons (Fsp3) is 0.0625. The van der Waals surface area contributed by atoms with Crippen LogP contribution in [0.15, 0.2) is 48.5 Å². The molecule has 3 aromatic rings. The van der Waals surface area contributed by atoms with Crippen molar-refractivity contribution in [2.75, 3.05) is 17.7 Å². The molecule has 3 nitrogen and oxygen atoms in total. The molecule has 0 aliphatic carbocycles. The van der Waals surface area contributed by atoms with E-state index in [-0.39, 0.29) is 5.91 Å². The standard InChI is InChI=1S/C16H13ClN2OS/c1-19(11-5-3-2-4-6-11)16(20)15-14(18)12-9-10(17)7-8-13(12)21-15/h2-9H,18H2,1H3. The van der Waals surface area contributed by atoms with Crippen LogP contribution in [0.1, 0.15) is 9.67 Å². The summed E-state index contributed by atoms with van der Waals surface area (Å²) in [7, 11) is 1.74. The molecule has 1 heterocycles. The molecule has 5 heteroatoms. The molecule has 2 N–H and O–H groups in total. The topological polar surface area (TPSA) is 46.3 Å². The second-order valence-electron chi connectivity index (χ2n) is 4.69. The molecule has 0 spiro atoms. The van der Waals surface area contributed by atoms with E-state index in [0.717, 1.165) is 15.8 Å². The first-order valence-electron chi connectivity index (χ1n) is 6.38. The number of rotatable bonds is 2. The fourth-order valence-corrected chi connectivity index (χ4v) is 3.42. The molecule has 0 unspecified atom stereocenters. The highest BCUT2D eigenvalue weighted by Gasteiger charge is 2.20. The lowest BCUT2D eigenvalue weighted by molar-refractivity contribution is 0.0997. The number of benzene rings is 2. The first-order chi connectivity index (χ1) is 10.1. The van der Waals surface area contributed by atoms with Gasteiger partial charge in [0.2, 0.25) is 0 Å². The molecule has 1 amide bonds. The largest absolute Gasteiger partial charge is 0.397 e. The maximum Gasteiger partial charge on any atom is 0.270 e. The molecular weight excluding hydrogens is 304 g/mol.